The molecular formula is C10H9FO3. The molecule has 0 aliphatic carbocycles. The van der Waals surface area contributed by atoms with E-state index in [0.29, 0.717) is 5.56 Å². The number of hydrogen-bond acceptors (Lipinski definition) is 2. The largest absolute Gasteiger partial charge is 0.480 e. The summed E-state index contributed by atoms with van der Waals surface area (Å²) in [6.45, 7) is 0.321. The molecule has 1 aromatic rings. The molecule has 1 saturated heterocycles. The lowest BCUT2D eigenvalue weighted by molar-refractivity contribution is -0.163. The first-order chi connectivity index (χ1) is 6.65. The number of carbonyl (C=O) groups is 1. The normalized spacial score (nSPS) is 18.6. The van der Waals surface area contributed by atoms with E-state index in [-0.39, 0.29) is 19.0 Å². The lowest BCUT2D eigenvalue weighted by Crippen LogP contribution is -2.53. The smallest absolute Gasteiger partial charge is 0.318 e. The molecule has 0 saturated carbocycles. The van der Waals surface area contributed by atoms with Gasteiger partial charge in [0.2, 0.25) is 0 Å². The predicted octanol–water partition coefficient (Wildman–Crippen LogP) is 1.18. The first kappa shape index (κ1) is 9.15. The third-order valence-corrected chi connectivity index (χ3v) is 2.50. The van der Waals surface area contributed by atoms with Crippen molar-refractivity contribution in [1.29, 1.82) is 0 Å². The Labute approximate surface area is 80.1 Å². The highest BCUT2D eigenvalue weighted by molar-refractivity contribution is 5.82. The van der Waals surface area contributed by atoms with Crippen LogP contribution in [0.4, 0.5) is 4.39 Å². The summed E-state index contributed by atoms with van der Waals surface area (Å²) in [5, 5.41) is 9.03. The molecule has 1 aliphatic rings. The van der Waals surface area contributed by atoms with E-state index in [1.54, 1.807) is 0 Å². The highest BCUT2D eigenvalue weighted by atomic mass is 19.1. The molecule has 0 atom stereocenters. The van der Waals surface area contributed by atoms with E-state index < -0.39 is 11.4 Å². The van der Waals surface area contributed by atoms with Gasteiger partial charge in [0.1, 0.15) is 11.2 Å². The first-order valence-electron chi connectivity index (χ1n) is 4.22. The van der Waals surface area contributed by atoms with Gasteiger partial charge in [-0.2, -0.15) is 0 Å². The summed E-state index contributed by atoms with van der Waals surface area (Å²) >= 11 is 0. The van der Waals surface area contributed by atoms with Crippen molar-refractivity contribution in [3.63, 3.8) is 0 Å². The van der Waals surface area contributed by atoms with E-state index >= 15 is 0 Å². The number of benzene rings is 1. The second-order valence-corrected chi connectivity index (χ2v) is 3.39. The van der Waals surface area contributed by atoms with Crippen LogP contribution in [0.1, 0.15) is 5.56 Å². The molecule has 1 N–H and O–H groups in total. The molecule has 0 bridgehead atoms. The van der Waals surface area contributed by atoms with Crippen molar-refractivity contribution in [2.45, 2.75) is 5.41 Å². The number of rotatable bonds is 2. The molecule has 1 aliphatic heterocycles. The monoisotopic (exact) mass is 196 g/mol. The van der Waals surface area contributed by atoms with Crippen LogP contribution in [-0.2, 0) is 14.9 Å². The molecule has 2 rings (SSSR count). The third-order valence-electron chi connectivity index (χ3n) is 2.50. The van der Waals surface area contributed by atoms with Crippen molar-refractivity contribution in [3.05, 3.63) is 35.6 Å². The van der Waals surface area contributed by atoms with Crippen molar-refractivity contribution in [1.82, 2.24) is 0 Å². The summed E-state index contributed by atoms with van der Waals surface area (Å²) in [6.07, 6.45) is 0. The third kappa shape index (κ3) is 1.19. The van der Waals surface area contributed by atoms with Crippen LogP contribution in [-0.4, -0.2) is 24.3 Å². The highest BCUT2D eigenvalue weighted by Crippen LogP contribution is 2.32. The van der Waals surface area contributed by atoms with E-state index in [2.05, 4.69) is 0 Å². The Balaban J connectivity index is 2.37. The molecule has 0 amide bonds. The van der Waals surface area contributed by atoms with Gasteiger partial charge < -0.3 is 9.84 Å². The molecule has 1 aromatic carbocycles. The van der Waals surface area contributed by atoms with Crippen LogP contribution in [0.25, 0.3) is 0 Å². The molecule has 0 radical (unpaired) electrons. The predicted molar refractivity (Wildman–Crippen MR) is 46.5 cm³/mol. The lowest BCUT2D eigenvalue weighted by atomic mass is 9.79. The standard InChI is InChI=1S/C10H9FO3/c11-8-3-1-7(2-4-8)10(9(12)13)5-14-6-10/h1-4H,5-6H2,(H,12,13). The van der Waals surface area contributed by atoms with Crippen molar-refractivity contribution < 1.29 is 19.0 Å². The molecule has 1 heterocycles. The fraction of sp³-hybridized carbons (Fsp3) is 0.300. The molecule has 74 valence electrons. The molecule has 3 nitrogen and oxygen atoms in total. The summed E-state index contributed by atoms with van der Waals surface area (Å²) in [7, 11) is 0. The summed E-state index contributed by atoms with van der Waals surface area (Å²) in [5.41, 5.74) is -0.370. The fourth-order valence-electron chi connectivity index (χ4n) is 1.49. The fourth-order valence-corrected chi connectivity index (χ4v) is 1.49. The van der Waals surface area contributed by atoms with Crippen molar-refractivity contribution in [2.75, 3.05) is 13.2 Å². The van der Waals surface area contributed by atoms with Crippen LogP contribution < -0.4 is 0 Å². The summed E-state index contributed by atoms with van der Waals surface area (Å²) in [6, 6.07) is 5.51. The second kappa shape index (κ2) is 3.06. The van der Waals surface area contributed by atoms with Crippen molar-refractivity contribution in [3.8, 4) is 0 Å². The van der Waals surface area contributed by atoms with Crippen LogP contribution in [0, 0.1) is 5.82 Å². The van der Waals surface area contributed by atoms with Gasteiger partial charge in [0.05, 0.1) is 13.2 Å². The number of halogens is 1. The van der Waals surface area contributed by atoms with E-state index in [1.165, 1.54) is 24.3 Å². The maximum atomic E-state index is 12.6. The Bertz CT molecular complexity index is 354. The maximum absolute atomic E-state index is 12.6. The van der Waals surface area contributed by atoms with Crippen LogP contribution in [0.2, 0.25) is 0 Å². The Hall–Kier alpha value is -1.42. The van der Waals surface area contributed by atoms with Gasteiger partial charge in [0, 0.05) is 0 Å². The quantitative estimate of drug-likeness (QED) is 0.772. The minimum Gasteiger partial charge on any atom is -0.480 e. The zero-order valence-electron chi connectivity index (χ0n) is 7.37. The Morgan fingerprint density at radius 2 is 1.93 bits per heavy atom. The number of ether oxygens (including phenoxy) is 1. The van der Waals surface area contributed by atoms with Crippen LogP contribution in [0.3, 0.4) is 0 Å². The second-order valence-electron chi connectivity index (χ2n) is 3.39. The SMILES string of the molecule is O=C(O)C1(c2ccc(F)cc2)COC1. The summed E-state index contributed by atoms with van der Waals surface area (Å²) < 4.78 is 17.5. The molecule has 1 fully saturated rings. The molecule has 0 spiro atoms. The lowest BCUT2D eigenvalue weighted by Gasteiger charge is -2.37. The Morgan fingerprint density at radius 1 is 1.36 bits per heavy atom. The highest BCUT2D eigenvalue weighted by Gasteiger charge is 2.47. The minimum absolute atomic E-state index is 0.161. The van der Waals surface area contributed by atoms with Crippen molar-refractivity contribution in [2.24, 2.45) is 0 Å². The van der Waals surface area contributed by atoms with Gasteiger partial charge in [0.25, 0.3) is 0 Å². The average molecular weight is 196 g/mol. The first-order valence-corrected chi connectivity index (χ1v) is 4.22. The van der Waals surface area contributed by atoms with Crippen molar-refractivity contribution >= 4 is 5.97 Å². The van der Waals surface area contributed by atoms with Gasteiger partial charge in [-0.25, -0.2) is 4.39 Å². The number of hydrogen-bond donors (Lipinski definition) is 1. The summed E-state index contributed by atoms with van der Waals surface area (Å²) in [4.78, 5) is 11.0. The molecule has 14 heavy (non-hydrogen) atoms. The Kier molecular flexibility index (Phi) is 2.00. The Morgan fingerprint density at radius 3 is 2.29 bits per heavy atom. The number of carboxylic acids is 1. The van der Waals surface area contributed by atoms with Crippen LogP contribution in [0.15, 0.2) is 24.3 Å². The van der Waals surface area contributed by atoms with Gasteiger partial charge in [-0.15, -0.1) is 0 Å². The molecule has 0 unspecified atom stereocenters. The van der Waals surface area contributed by atoms with Crippen LogP contribution in [0.5, 0.6) is 0 Å². The topological polar surface area (TPSA) is 46.5 Å². The number of carboxylic acid groups (broad SMARTS) is 1. The van der Waals surface area contributed by atoms with E-state index in [9.17, 15) is 9.18 Å². The van der Waals surface area contributed by atoms with E-state index in [1.807, 2.05) is 0 Å². The van der Waals surface area contributed by atoms with Gasteiger partial charge >= 0.3 is 5.97 Å². The molecule has 0 aromatic heterocycles. The van der Waals surface area contributed by atoms with Gasteiger partial charge in [-0.1, -0.05) is 12.1 Å². The van der Waals surface area contributed by atoms with Gasteiger partial charge in [0.15, 0.2) is 0 Å². The van der Waals surface area contributed by atoms with Gasteiger partial charge in [-0.3, -0.25) is 4.79 Å². The average Bonchev–Trinajstić information content (AvgIpc) is 2.05. The van der Waals surface area contributed by atoms with E-state index in [4.69, 9.17) is 9.84 Å². The van der Waals surface area contributed by atoms with Crippen LogP contribution >= 0.6 is 0 Å². The zero-order valence-corrected chi connectivity index (χ0v) is 7.37. The summed E-state index contributed by atoms with van der Waals surface area (Å²) in [5.74, 6) is -1.29. The maximum Gasteiger partial charge on any atom is 0.318 e. The number of aliphatic carboxylic acids is 1. The molecule has 4 heteroatoms. The van der Waals surface area contributed by atoms with E-state index in [0.717, 1.165) is 0 Å². The zero-order chi connectivity index (χ0) is 10.2. The molecular weight excluding hydrogens is 187 g/mol. The van der Waals surface area contributed by atoms with Gasteiger partial charge in [-0.05, 0) is 17.7 Å². The minimum atomic E-state index is -0.965.